The number of hydrogen-bond acceptors (Lipinski definition) is 2. The van der Waals surface area contributed by atoms with E-state index in [0.717, 1.165) is 0 Å². The van der Waals surface area contributed by atoms with Gasteiger partial charge in [0, 0.05) is 15.6 Å². The highest BCUT2D eigenvalue weighted by atomic mass is 35.5. The number of hydrogen-bond donors (Lipinski definition) is 2. The Morgan fingerprint density at radius 2 is 1.70 bits per heavy atom. The Hall–Kier alpha value is -2.04. The van der Waals surface area contributed by atoms with Gasteiger partial charge < -0.3 is 10.4 Å². The second kappa shape index (κ2) is 5.94. The molecule has 0 radical (unpaired) electrons. The molecule has 2 N–H and O–H groups in total. The second-order valence-electron chi connectivity index (χ2n) is 3.96. The normalized spacial score (nSPS) is 10.1. The van der Waals surface area contributed by atoms with E-state index in [4.69, 9.17) is 28.3 Å². The van der Waals surface area contributed by atoms with Crippen molar-refractivity contribution in [2.75, 3.05) is 5.32 Å². The molecule has 102 valence electrons. The summed E-state index contributed by atoms with van der Waals surface area (Å²) in [6.45, 7) is 0. The van der Waals surface area contributed by atoms with Gasteiger partial charge in [0.25, 0.3) is 5.91 Å². The molecule has 0 unspecified atom stereocenters. The third kappa shape index (κ3) is 3.29. The number of halogens is 2. The summed E-state index contributed by atoms with van der Waals surface area (Å²) in [7, 11) is 0. The lowest BCUT2D eigenvalue weighted by atomic mass is 10.1. The van der Waals surface area contributed by atoms with Gasteiger partial charge in [-0.1, -0.05) is 29.3 Å². The number of amides is 1. The number of carboxylic acids is 1. The average molecular weight is 310 g/mol. The summed E-state index contributed by atoms with van der Waals surface area (Å²) in [6, 6.07) is 10.5. The van der Waals surface area contributed by atoms with Crippen molar-refractivity contribution in [3.8, 4) is 0 Å². The zero-order chi connectivity index (χ0) is 14.7. The zero-order valence-corrected chi connectivity index (χ0v) is 11.6. The largest absolute Gasteiger partial charge is 0.478 e. The third-order valence-electron chi connectivity index (χ3n) is 2.55. The van der Waals surface area contributed by atoms with Crippen molar-refractivity contribution in [3.05, 3.63) is 63.6 Å². The van der Waals surface area contributed by atoms with Crippen molar-refractivity contribution in [3.63, 3.8) is 0 Å². The quantitative estimate of drug-likeness (QED) is 0.902. The summed E-state index contributed by atoms with van der Waals surface area (Å²) < 4.78 is 0. The molecule has 0 saturated carbocycles. The molecule has 20 heavy (non-hydrogen) atoms. The van der Waals surface area contributed by atoms with Gasteiger partial charge in [0.05, 0.1) is 11.3 Å². The fourth-order valence-corrected chi connectivity index (χ4v) is 1.99. The molecule has 0 saturated heterocycles. The van der Waals surface area contributed by atoms with E-state index < -0.39 is 11.9 Å². The van der Waals surface area contributed by atoms with Crippen LogP contribution in [0.1, 0.15) is 20.7 Å². The molecule has 1 amide bonds. The van der Waals surface area contributed by atoms with Crippen LogP contribution in [-0.2, 0) is 0 Å². The lowest BCUT2D eigenvalue weighted by Gasteiger charge is -2.09. The smallest absolute Gasteiger partial charge is 0.337 e. The predicted octanol–water partition coefficient (Wildman–Crippen LogP) is 3.94. The highest BCUT2D eigenvalue weighted by Gasteiger charge is 2.14. The van der Waals surface area contributed by atoms with E-state index in [1.165, 1.54) is 24.3 Å². The van der Waals surface area contributed by atoms with Crippen LogP contribution in [0.4, 0.5) is 5.69 Å². The predicted molar refractivity (Wildman–Crippen MR) is 77.8 cm³/mol. The molecule has 0 aliphatic heterocycles. The number of rotatable bonds is 3. The first-order chi connectivity index (χ1) is 9.47. The SMILES string of the molecule is O=C(Nc1cc(Cl)ccc1C(=O)O)c1cccc(Cl)c1. The average Bonchev–Trinajstić information content (AvgIpc) is 2.38. The van der Waals surface area contributed by atoms with Crippen molar-refractivity contribution >= 4 is 40.8 Å². The summed E-state index contributed by atoms with van der Waals surface area (Å²) in [4.78, 5) is 23.1. The van der Waals surface area contributed by atoms with Crippen LogP contribution >= 0.6 is 23.2 Å². The van der Waals surface area contributed by atoms with Gasteiger partial charge in [0.15, 0.2) is 0 Å². The molecule has 4 nitrogen and oxygen atoms in total. The van der Waals surface area contributed by atoms with Crippen LogP contribution in [0.2, 0.25) is 10.0 Å². The van der Waals surface area contributed by atoms with Gasteiger partial charge in [0.1, 0.15) is 0 Å². The molecule has 0 bridgehead atoms. The van der Waals surface area contributed by atoms with Crippen LogP contribution in [0, 0.1) is 0 Å². The maximum absolute atomic E-state index is 12.0. The fourth-order valence-electron chi connectivity index (χ4n) is 1.63. The Balaban J connectivity index is 2.32. The summed E-state index contributed by atoms with van der Waals surface area (Å²) >= 11 is 11.6. The molecule has 0 fully saturated rings. The van der Waals surface area contributed by atoms with E-state index in [2.05, 4.69) is 5.32 Å². The molecule has 2 rings (SSSR count). The highest BCUT2D eigenvalue weighted by Crippen LogP contribution is 2.22. The number of carbonyl (C=O) groups is 2. The molecule has 0 aliphatic carbocycles. The third-order valence-corrected chi connectivity index (χ3v) is 3.02. The monoisotopic (exact) mass is 309 g/mol. The van der Waals surface area contributed by atoms with Gasteiger partial charge in [-0.25, -0.2) is 4.79 Å². The number of anilines is 1. The van der Waals surface area contributed by atoms with Gasteiger partial charge in [-0.15, -0.1) is 0 Å². The number of carboxylic acid groups (broad SMARTS) is 1. The van der Waals surface area contributed by atoms with Gasteiger partial charge in [-0.3, -0.25) is 4.79 Å². The van der Waals surface area contributed by atoms with Crippen LogP contribution in [0.25, 0.3) is 0 Å². The summed E-state index contributed by atoms with van der Waals surface area (Å²) in [5, 5.41) is 12.3. The van der Waals surface area contributed by atoms with Gasteiger partial charge in [-0.05, 0) is 36.4 Å². The van der Waals surface area contributed by atoms with Crippen LogP contribution in [0.15, 0.2) is 42.5 Å². The summed E-state index contributed by atoms with van der Waals surface area (Å²) in [5.74, 6) is -1.61. The van der Waals surface area contributed by atoms with E-state index in [-0.39, 0.29) is 11.3 Å². The van der Waals surface area contributed by atoms with E-state index in [0.29, 0.717) is 15.6 Å². The first-order valence-corrected chi connectivity index (χ1v) is 6.33. The molecule has 2 aromatic carbocycles. The molecule has 0 atom stereocenters. The van der Waals surface area contributed by atoms with Crippen molar-refractivity contribution in [1.29, 1.82) is 0 Å². The fraction of sp³-hybridized carbons (Fsp3) is 0. The molecule has 0 aromatic heterocycles. The van der Waals surface area contributed by atoms with Crippen LogP contribution in [0.5, 0.6) is 0 Å². The maximum Gasteiger partial charge on any atom is 0.337 e. The molecule has 6 heteroatoms. The topological polar surface area (TPSA) is 66.4 Å². The number of nitrogens with one attached hydrogen (secondary N) is 1. The Labute approximate surface area is 124 Å². The van der Waals surface area contributed by atoms with Gasteiger partial charge in [-0.2, -0.15) is 0 Å². The lowest BCUT2D eigenvalue weighted by Crippen LogP contribution is -2.14. The lowest BCUT2D eigenvalue weighted by molar-refractivity contribution is 0.0698. The van der Waals surface area contributed by atoms with Crippen molar-refractivity contribution < 1.29 is 14.7 Å². The first kappa shape index (κ1) is 14.4. The van der Waals surface area contributed by atoms with E-state index in [9.17, 15) is 9.59 Å². The standard InChI is InChI=1S/C14H9Cl2NO3/c15-9-3-1-2-8(6-9)13(18)17-12-7-10(16)4-5-11(12)14(19)20/h1-7H,(H,17,18)(H,19,20). The van der Waals surface area contributed by atoms with Crippen molar-refractivity contribution in [1.82, 2.24) is 0 Å². The molecule has 0 heterocycles. The van der Waals surface area contributed by atoms with E-state index >= 15 is 0 Å². The van der Waals surface area contributed by atoms with Crippen molar-refractivity contribution in [2.45, 2.75) is 0 Å². The molecular formula is C14H9Cl2NO3. The summed E-state index contributed by atoms with van der Waals surface area (Å²) in [6.07, 6.45) is 0. The first-order valence-electron chi connectivity index (χ1n) is 5.57. The number of benzene rings is 2. The zero-order valence-electron chi connectivity index (χ0n) is 10.1. The number of aromatic carboxylic acids is 1. The minimum absolute atomic E-state index is 0.0372. The maximum atomic E-state index is 12.0. The highest BCUT2D eigenvalue weighted by molar-refractivity contribution is 6.31. The molecule has 0 aliphatic rings. The second-order valence-corrected chi connectivity index (χ2v) is 4.83. The van der Waals surface area contributed by atoms with E-state index in [1.54, 1.807) is 18.2 Å². The van der Waals surface area contributed by atoms with Crippen molar-refractivity contribution in [2.24, 2.45) is 0 Å². The summed E-state index contributed by atoms with van der Waals surface area (Å²) in [5.41, 5.74) is 0.425. The molecular weight excluding hydrogens is 301 g/mol. The van der Waals surface area contributed by atoms with E-state index in [1.807, 2.05) is 0 Å². The van der Waals surface area contributed by atoms with Crippen LogP contribution in [0.3, 0.4) is 0 Å². The Morgan fingerprint density at radius 1 is 1.00 bits per heavy atom. The minimum atomic E-state index is -1.15. The Kier molecular flexibility index (Phi) is 4.27. The van der Waals surface area contributed by atoms with Gasteiger partial charge in [0.2, 0.25) is 0 Å². The minimum Gasteiger partial charge on any atom is -0.478 e. The Bertz CT molecular complexity index is 686. The van der Waals surface area contributed by atoms with Crippen LogP contribution in [-0.4, -0.2) is 17.0 Å². The van der Waals surface area contributed by atoms with Crippen LogP contribution < -0.4 is 5.32 Å². The molecule has 2 aromatic rings. The number of carbonyl (C=O) groups excluding carboxylic acids is 1. The Morgan fingerprint density at radius 3 is 2.35 bits per heavy atom. The molecule has 0 spiro atoms. The van der Waals surface area contributed by atoms with Gasteiger partial charge >= 0.3 is 5.97 Å².